The van der Waals surface area contributed by atoms with Crippen LogP contribution in [-0.2, 0) is 4.79 Å². The van der Waals surface area contributed by atoms with Gasteiger partial charge in [0.1, 0.15) is 0 Å². The van der Waals surface area contributed by atoms with Gasteiger partial charge in [-0.25, -0.2) is 0 Å². The first kappa shape index (κ1) is 18.9. The maximum atomic E-state index is 12.1. The van der Waals surface area contributed by atoms with Gasteiger partial charge in [-0.05, 0) is 44.2 Å². The molecule has 6 heteroatoms. The van der Waals surface area contributed by atoms with Gasteiger partial charge in [0.2, 0.25) is 5.91 Å². The first-order valence-corrected chi connectivity index (χ1v) is 7.71. The molecule has 1 amide bonds. The molecule has 0 unspecified atom stereocenters. The van der Waals surface area contributed by atoms with E-state index in [0.29, 0.717) is 16.6 Å². The van der Waals surface area contributed by atoms with Crippen molar-refractivity contribution in [2.75, 3.05) is 20.1 Å². The van der Waals surface area contributed by atoms with Gasteiger partial charge in [-0.2, -0.15) is 0 Å². The number of ketones is 1. The van der Waals surface area contributed by atoms with Gasteiger partial charge in [0.05, 0.1) is 0 Å². The van der Waals surface area contributed by atoms with Crippen molar-refractivity contribution >= 4 is 35.7 Å². The third-order valence-corrected chi connectivity index (χ3v) is 4.24. The zero-order valence-electron chi connectivity index (χ0n) is 12.7. The Morgan fingerprint density at radius 1 is 1.18 bits per heavy atom. The van der Waals surface area contributed by atoms with Gasteiger partial charge in [-0.1, -0.05) is 11.6 Å². The number of piperidine rings is 1. The molecule has 0 saturated carbocycles. The molecular formula is C16H22Cl2N2O2. The fraction of sp³-hybridized carbons (Fsp3) is 0.500. The third-order valence-electron chi connectivity index (χ3n) is 3.99. The van der Waals surface area contributed by atoms with Gasteiger partial charge in [-0.3, -0.25) is 9.59 Å². The highest BCUT2D eigenvalue weighted by Gasteiger charge is 2.22. The zero-order valence-corrected chi connectivity index (χ0v) is 14.3. The topological polar surface area (TPSA) is 49.4 Å². The van der Waals surface area contributed by atoms with Crippen molar-refractivity contribution in [1.82, 2.24) is 10.2 Å². The molecule has 1 saturated heterocycles. The van der Waals surface area contributed by atoms with Crippen molar-refractivity contribution in [1.29, 1.82) is 0 Å². The summed E-state index contributed by atoms with van der Waals surface area (Å²) in [6.07, 6.45) is 2.50. The van der Waals surface area contributed by atoms with Gasteiger partial charge < -0.3 is 10.2 Å². The van der Waals surface area contributed by atoms with Crippen LogP contribution in [0.15, 0.2) is 24.3 Å². The highest BCUT2D eigenvalue weighted by Crippen LogP contribution is 2.14. The summed E-state index contributed by atoms with van der Waals surface area (Å²) < 4.78 is 0. The second-order valence-corrected chi connectivity index (χ2v) is 5.81. The lowest BCUT2D eigenvalue weighted by Crippen LogP contribution is -2.44. The summed E-state index contributed by atoms with van der Waals surface area (Å²) >= 11 is 5.79. The largest absolute Gasteiger partial charge is 0.343 e. The van der Waals surface area contributed by atoms with E-state index in [4.69, 9.17) is 11.6 Å². The van der Waals surface area contributed by atoms with Crippen molar-refractivity contribution in [3.05, 3.63) is 34.9 Å². The van der Waals surface area contributed by atoms with Crippen LogP contribution in [0.5, 0.6) is 0 Å². The van der Waals surface area contributed by atoms with Crippen LogP contribution in [0.1, 0.15) is 36.0 Å². The molecular weight excluding hydrogens is 323 g/mol. The summed E-state index contributed by atoms with van der Waals surface area (Å²) in [6, 6.07) is 7.30. The molecule has 1 aromatic rings. The van der Waals surface area contributed by atoms with Gasteiger partial charge in [-0.15, -0.1) is 12.4 Å². The molecule has 0 bridgehead atoms. The summed E-state index contributed by atoms with van der Waals surface area (Å²) in [4.78, 5) is 26.0. The molecule has 2 rings (SSSR count). The van der Waals surface area contributed by atoms with E-state index in [1.54, 1.807) is 24.3 Å². The SMILES string of the molecule is CNC1CCN(C(=O)CCC(=O)c2ccc(Cl)cc2)CC1.Cl. The third kappa shape index (κ3) is 5.27. The standard InChI is InChI=1S/C16H21ClN2O2.ClH/c1-18-14-8-10-19(11-9-14)16(21)7-6-15(20)12-2-4-13(17)5-3-12;/h2-5,14,18H,6-11H2,1H3;1H. The van der Waals surface area contributed by atoms with Crippen molar-refractivity contribution in [2.45, 2.75) is 31.7 Å². The Labute approximate surface area is 142 Å². The Bertz CT molecular complexity index is 497. The molecule has 1 fully saturated rings. The van der Waals surface area contributed by atoms with Crippen molar-refractivity contribution in [2.24, 2.45) is 0 Å². The highest BCUT2D eigenvalue weighted by molar-refractivity contribution is 6.30. The quantitative estimate of drug-likeness (QED) is 0.835. The second-order valence-electron chi connectivity index (χ2n) is 5.37. The minimum atomic E-state index is -0.00914. The maximum Gasteiger partial charge on any atom is 0.223 e. The number of nitrogens with one attached hydrogen (secondary N) is 1. The number of hydrogen-bond donors (Lipinski definition) is 1. The van der Waals surface area contributed by atoms with E-state index in [-0.39, 0.29) is 36.9 Å². The number of amides is 1. The Kier molecular flexibility index (Phi) is 7.87. The molecule has 122 valence electrons. The van der Waals surface area contributed by atoms with E-state index in [2.05, 4.69) is 5.32 Å². The van der Waals surface area contributed by atoms with Crippen molar-refractivity contribution < 1.29 is 9.59 Å². The number of hydrogen-bond acceptors (Lipinski definition) is 3. The Balaban J connectivity index is 0.00000242. The highest BCUT2D eigenvalue weighted by atomic mass is 35.5. The predicted octanol–water partition coefficient (Wildman–Crippen LogP) is 2.94. The lowest BCUT2D eigenvalue weighted by Gasteiger charge is -2.31. The normalized spacial score (nSPS) is 15.3. The zero-order chi connectivity index (χ0) is 15.2. The molecule has 0 spiro atoms. The Morgan fingerprint density at radius 3 is 2.32 bits per heavy atom. The first-order chi connectivity index (χ1) is 10.1. The maximum absolute atomic E-state index is 12.1. The lowest BCUT2D eigenvalue weighted by atomic mass is 10.0. The van der Waals surface area contributed by atoms with E-state index >= 15 is 0 Å². The molecule has 22 heavy (non-hydrogen) atoms. The fourth-order valence-electron chi connectivity index (χ4n) is 2.58. The summed E-state index contributed by atoms with van der Waals surface area (Å²) in [5.41, 5.74) is 0.612. The van der Waals surface area contributed by atoms with Crippen LogP contribution >= 0.6 is 24.0 Å². The van der Waals surface area contributed by atoms with Crippen LogP contribution in [-0.4, -0.2) is 42.8 Å². The van der Waals surface area contributed by atoms with Crippen LogP contribution in [0.3, 0.4) is 0 Å². The molecule has 1 heterocycles. The number of carbonyl (C=O) groups excluding carboxylic acids is 2. The number of nitrogens with zero attached hydrogens (tertiary/aromatic N) is 1. The fourth-order valence-corrected chi connectivity index (χ4v) is 2.70. The molecule has 1 aliphatic rings. The van der Waals surface area contributed by atoms with Gasteiger partial charge in [0, 0.05) is 42.6 Å². The minimum absolute atomic E-state index is 0. The van der Waals surface area contributed by atoms with Gasteiger partial charge >= 0.3 is 0 Å². The molecule has 4 nitrogen and oxygen atoms in total. The van der Waals surface area contributed by atoms with Crippen LogP contribution in [0.25, 0.3) is 0 Å². The molecule has 1 aromatic carbocycles. The van der Waals surface area contributed by atoms with Gasteiger partial charge in [0.15, 0.2) is 5.78 Å². The van der Waals surface area contributed by atoms with Gasteiger partial charge in [0.25, 0.3) is 0 Å². The van der Waals surface area contributed by atoms with Crippen molar-refractivity contribution in [3.63, 3.8) is 0 Å². The summed E-state index contributed by atoms with van der Waals surface area (Å²) in [7, 11) is 1.95. The summed E-state index contributed by atoms with van der Waals surface area (Å²) in [6.45, 7) is 1.55. The van der Waals surface area contributed by atoms with E-state index in [9.17, 15) is 9.59 Å². The predicted molar refractivity (Wildman–Crippen MR) is 90.9 cm³/mol. The molecule has 1 aliphatic heterocycles. The van der Waals surface area contributed by atoms with Crippen LogP contribution in [0, 0.1) is 0 Å². The van der Waals surface area contributed by atoms with Crippen molar-refractivity contribution in [3.8, 4) is 0 Å². The first-order valence-electron chi connectivity index (χ1n) is 7.34. The molecule has 1 N–H and O–H groups in total. The van der Waals surface area contributed by atoms with Crippen LogP contribution in [0.2, 0.25) is 5.02 Å². The Hall–Kier alpha value is -1.10. The summed E-state index contributed by atoms with van der Waals surface area (Å²) in [5.74, 6) is 0.0667. The number of Topliss-reactive ketones (excluding diaryl/α,β-unsaturated/α-hetero) is 1. The minimum Gasteiger partial charge on any atom is -0.343 e. The average molecular weight is 345 g/mol. The smallest absolute Gasteiger partial charge is 0.223 e. The number of halogens is 2. The molecule has 0 aromatic heterocycles. The lowest BCUT2D eigenvalue weighted by molar-refractivity contribution is -0.132. The van der Waals surface area contributed by atoms with E-state index in [1.165, 1.54) is 0 Å². The molecule has 0 radical (unpaired) electrons. The number of likely N-dealkylation sites (tertiary alicyclic amines) is 1. The van der Waals surface area contributed by atoms with E-state index in [1.807, 2.05) is 11.9 Å². The summed E-state index contributed by atoms with van der Waals surface area (Å²) in [5, 5.41) is 3.84. The monoisotopic (exact) mass is 344 g/mol. The molecule has 0 atom stereocenters. The molecule has 0 aliphatic carbocycles. The number of rotatable bonds is 5. The second kappa shape index (κ2) is 9.13. The van der Waals surface area contributed by atoms with E-state index in [0.717, 1.165) is 25.9 Å². The van der Waals surface area contributed by atoms with Crippen LogP contribution in [0.4, 0.5) is 0 Å². The van der Waals surface area contributed by atoms with Crippen LogP contribution < -0.4 is 5.32 Å². The number of benzene rings is 1. The van der Waals surface area contributed by atoms with E-state index < -0.39 is 0 Å². The Morgan fingerprint density at radius 2 is 1.77 bits per heavy atom. The average Bonchev–Trinajstić information content (AvgIpc) is 2.53. The number of carbonyl (C=O) groups is 2.